The van der Waals surface area contributed by atoms with Crippen LogP contribution >= 0.6 is 11.3 Å². The van der Waals surface area contributed by atoms with Crippen LogP contribution in [0, 0.1) is 12.8 Å². The summed E-state index contributed by atoms with van der Waals surface area (Å²) in [7, 11) is 2.43. The van der Waals surface area contributed by atoms with Crippen molar-refractivity contribution in [1.82, 2.24) is 4.98 Å². The topological polar surface area (TPSA) is 115 Å². The molecule has 10 heteroatoms. The maximum Gasteiger partial charge on any atom is 0.337 e. The van der Waals surface area contributed by atoms with Gasteiger partial charge in [-0.1, -0.05) is 0 Å². The molecule has 2 heterocycles. The van der Waals surface area contributed by atoms with Gasteiger partial charge in [-0.25, -0.2) is 14.6 Å². The molecular formula is C23H21N3O6S. The Labute approximate surface area is 193 Å². The van der Waals surface area contributed by atoms with Crippen molar-refractivity contribution in [3.05, 3.63) is 52.5 Å². The van der Waals surface area contributed by atoms with Crippen LogP contribution in [0.3, 0.4) is 0 Å². The molecule has 0 radical (unpaired) electrons. The summed E-state index contributed by atoms with van der Waals surface area (Å²) in [6, 6.07) is 9.75. The average molecular weight is 468 g/mol. The van der Waals surface area contributed by atoms with Crippen molar-refractivity contribution < 1.29 is 28.7 Å². The smallest absolute Gasteiger partial charge is 0.337 e. The molecule has 0 bridgehead atoms. The van der Waals surface area contributed by atoms with Crippen molar-refractivity contribution in [2.45, 2.75) is 13.3 Å². The van der Waals surface area contributed by atoms with E-state index in [0.29, 0.717) is 5.69 Å². The SMILES string of the molecule is COC(=O)c1cc(NC(=O)C2CC(=O)N(c3ccc4sc(C)nc4c3)C2)cc(C(=O)OC)c1. The van der Waals surface area contributed by atoms with E-state index in [2.05, 4.69) is 10.3 Å². The van der Waals surface area contributed by atoms with E-state index < -0.39 is 23.8 Å². The first-order valence-electron chi connectivity index (χ1n) is 10.1. The highest BCUT2D eigenvalue weighted by Gasteiger charge is 2.35. The second-order valence-corrected chi connectivity index (χ2v) is 8.80. The minimum atomic E-state index is -0.661. The number of aromatic nitrogens is 1. The van der Waals surface area contributed by atoms with E-state index in [0.717, 1.165) is 15.2 Å². The Kier molecular flexibility index (Phi) is 6.10. The van der Waals surface area contributed by atoms with Gasteiger partial charge < -0.3 is 19.7 Å². The number of ether oxygens (including phenoxy) is 2. The van der Waals surface area contributed by atoms with Crippen molar-refractivity contribution in [3.8, 4) is 0 Å². The largest absolute Gasteiger partial charge is 0.465 e. The standard InChI is InChI=1S/C23H21N3O6S/c1-12-24-18-10-17(4-5-19(18)33-12)26-11-15(9-20(26)27)21(28)25-16-7-13(22(29)31-2)6-14(8-16)23(30)32-3/h4-8,10,15H,9,11H2,1-3H3,(H,25,28). The van der Waals surface area contributed by atoms with Crippen LogP contribution in [0.1, 0.15) is 32.1 Å². The van der Waals surface area contributed by atoms with Crippen molar-refractivity contribution >= 4 is 56.7 Å². The molecule has 1 fully saturated rings. The molecule has 1 saturated heterocycles. The Bertz CT molecular complexity index is 1250. The number of nitrogens with one attached hydrogen (secondary N) is 1. The molecule has 0 aliphatic carbocycles. The summed E-state index contributed by atoms with van der Waals surface area (Å²) >= 11 is 1.58. The lowest BCUT2D eigenvalue weighted by atomic mass is 10.1. The maximum atomic E-state index is 12.9. The van der Waals surface area contributed by atoms with E-state index in [1.165, 1.54) is 32.4 Å². The molecule has 2 aromatic carbocycles. The Hall–Kier alpha value is -3.79. The van der Waals surface area contributed by atoms with E-state index in [-0.39, 0.29) is 35.7 Å². The molecule has 2 amide bonds. The van der Waals surface area contributed by atoms with Gasteiger partial charge in [0.1, 0.15) is 0 Å². The molecule has 9 nitrogen and oxygen atoms in total. The fraction of sp³-hybridized carbons (Fsp3) is 0.261. The van der Waals surface area contributed by atoms with Crippen LogP contribution in [0.15, 0.2) is 36.4 Å². The number of esters is 2. The predicted molar refractivity (Wildman–Crippen MR) is 123 cm³/mol. The van der Waals surface area contributed by atoms with Crippen LogP contribution < -0.4 is 10.2 Å². The van der Waals surface area contributed by atoms with E-state index >= 15 is 0 Å². The number of methoxy groups -OCH3 is 2. The van der Waals surface area contributed by atoms with E-state index in [9.17, 15) is 19.2 Å². The van der Waals surface area contributed by atoms with Gasteiger partial charge in [-0.3, -0.25) is 9.59 Å². The van der Waals surface area contributed by atoms with Gasteiger partial charge in [-0.2, -0.15) is 0 Å². The van der Waals surface area contributed by atoms with Crippen LogP contribution in [0.2, 0.25) is 0 Å². The normalized spacial score (nSPS) is 15.5. The second kappa shape index (κ2) is 8.99. The Morgan fingerprint density at radius 2 is 1.73 bits per heavy atom. The second-order valence-electron chi connectivity index (χ2n) is 7.56. The molecule has 1 aromatic heterocycles. The summed E-state index contributed by atoms with van der Waals surface area (Å²) in [5.41, 5.74) is 1.91. The summed E-state index contributed by atoms with van der Waals surface area (Å²) in [6.45, 7) is 2.13. The molecule has 3 aromatic rings. The van der Waals surface area contributed by atoms with Crippen molar-refractivity contribution in [1.29, 1.82) is 0 Å². The van der Waals surface area contributed by atoms with Crippen molar-refractivity contribution in [2.24, 2.45) is 5.92 Å². The number of anilines is 2. The molecule has 1 aliphatic heterocycles. The minimum absolute atomic E-state index is 0.0422. The highest BCUT2D eigenvalue weighted by Crippen LogP contribution is 2.31. The highest BCUT2D eigenvalue weighted by molar-refractivity contribution is 7.18. The van der Waals surface area contributed by atoms with E-state index in [1.807, 2.05) is 25.1 Å². The number of fused-ring (bicyclic) bond motifs is 1. The van der Waals surface area contributed by atoms with Crippen LogP contribution in [0.4, 0.5) is 11.4 Å². The third-order valence-corrected chi connectivity index (χ3v) is 6.28. The fourth-order valence-electron chi connectivity index (χ4n) is 3.75. The summed E-state index contributed by atoms with van der Waals surface area (Å²) < 4.78 is 10.5. The summed E-state index contributed by atoms with van der Waals surface area (Å²) in [4.78, 5) is 55.5. The number of aryl methyl sites for hydroxylation is 1. The van der Waals surface area contributed by atoms with Crippen LogP contribution in [0.25, 0.3) is 10.2 Å². The monoisotopic (exact) mass is 467 g/mol. The number of carbonyl (C=O) groups excluding carboxylic acids is 4. The summed E-state index contributed by atoms with van der Waals surface area (Å²) in [5, 5.41) is 3.64. The average Bonchev–Trinajstić information content (AvgIpc) is 3.38. The van der Waals surface area contributed by atoms with Gasteiger partial charge in [-0.05, 0) is 43.3 Å². The molecule has 0 saturated carbocycles. The van der Waals surface area contributed by atoms with E-state index in [1.54, 1.807) is 16.2 Å². The lowest BCUT2D eigenvalue weighted by molar-refractivity contribution is -0.122. The molecule has 1 N–H and O–H groups in total. The van der Waals surface area contributed by atoms with Gasteiger partial charge in [0.2, 0.25) is 11.8 Å². The first-order chi connectivity index (χ1) is 15.8. The third-order valence-electron chi connectivity index (χ3n) is 5.33. The lowest BCUT2D eigenvalue weighted by Gasteiger charge is -2.17. The summed E-state index contributed by atoms with van der Waals surface area (Å²) in [6.07, 6.45) is 0.0422. The Morgan fingerprint density at radius 1 is 1.06 bits per heavy atom. The predicted octanol–water partition coefficient (Wildman–Crippen LogP) is 3.17. The number of nitrogens with zero attached hydrogens (tertiary/aromatic N) is 2. The maximum absolute atomic E-state index is 12.9. The van der Waals surface area contributed by atoms with Crippen molar-refractivity contribution in [2.75, 3.05) is 31.0 Å². The van der Waals surface area contributed by atoms with Gasteiger partial charge in [-0.15, -0.1) is 11.3 Å². The highest BCUT2D eigenvalue weighted by atomic mass is 32.1. The zero-order chi connectivity index (χ0) is 23.7. The lowest BCUT2D eigenvalue weighted by Crippen LogP contribution is -2.28. The molecular weight excluding hydrogens is 446 g/mol. The van der Waals surface area contributed by atoms with Gasteiger partial charge in [0.05, 0.1) is 46.5 Å². The molecule has 170 valence electrons. The van der Waals surface area contributed by atoms with Crippen LogP contribution in [-0.2, 0) is 19.1 Å². The molecule has 0 spiro atoms. The van der Waals surface area contributed by atoms with Gasteiger partial charge in [0.15, 0.2) is 0 Å². The van der Waals surface area contributed by atoms with Crippen LogP contribution in [-0.4, -0.2) is 49.5 Å². The number of amides is 2. The first-order valence-corrected chi connectivity index (χ1v) is 10.9. The van der Waals surface area contributed by atoms with Gasteiger partial charge in [0.25, 0.3) is 0 Å². The first kappa shape index (κ1) is 22.4. The number of hydrogen-bond acceptors (Lipinski definition) is 8. The Morgan fingerprint density at radius 3 is 2.36 bits per heavy atom. The Balaban J connectivity index is 1.53. The zero-order valence-corrected chi connectivity index (χ0v) is 19.0. The number of hydrogen-bond donors (Lipinski definition) is 1. The van der Waals surface area contributed by atoms with Crippen LogP contribution in [0.5, 0.6) is 0 Å². The number of benzene rings is 2. The van der Waals surface area contributed by atoms with E-state index in [4.69, 9.17) is 9.47 Å². The quantitative estimate of drug-likeness (QED) is 0.573. The fourth-order valence-corrected chi connectivity index (χ4v) is 4.55. The summed E-state index contributed by atoms with van der Waals surface area (Å²) in [5.74, 6) is -2.49. The molecule has 1 unspecified atom stereocenters. The molecule has 33 heavy (non-hydrogen) atoms. The number of rotatable bonds is 5. The molecule has 4 rings (SSSR count). The number of thiazole rings is 1. The zero-order valence-electron chi connectivity index (χ0n) is 18.2. The van der Waals surface area contributed by atoms with Crippen molar-refractivity contribution in [3.63, 3.8) is 0 Å². The molecule has 1 aliphatic rings. The minimum Gasteiger partial charge on any atom is -0.465 e. The number of carbonyl (C=O) groups is 4. The molecule has 1 atom stereocenters. The van der Waals surface area contributed by atoms with Gasteiger partial charge >= 0.3 is 11.9 Å². The van der Waals surface area contributed by atoms with Gasteiger partial charge in [0, 0.05) is 24.3 Å². The third kappa shape index (κ3) is 4.56.